The third kappa shape index (κ3) is 3.71. The van der Waals surface area contributed by atoms with Crippen LogP contribution in [0.4, 0.5) is 5.69 Å². The molecule has 30 heavy (non-hydrogen) atoms. The van der Waals surface area contributed by atoms with Crippen LogP contribution in [-0.4, -0.2) is 30.6 Å². The van der Waals surface area contributed by atoms with E-state index >= 15 is 0 Å². The molecule has 0 atom stereocenters. The van der Waals surface area contributed by atoms with Crippen LogP contribution in [0.5, 0.6) is 0 Å². The van der Waals surface area contributed by atoms with Crippen molar-refractivity contribution in [2.24, 2.45) is 0 Å². The number of anilines is 1. The fourth-order valence-electron chi connectivity index (χ4n) is 3.33. The first-order valence-electron chi connectivity index (χ1n) is 9.66. The minimum atomic E-state index is -0.262. The van der Waals surface area contributed by atoms with Crippen LogP contribution in [0.15, 0.2) is 47.4 Å². The molecular weight excluding hydrogens is 380 g/mol. The highest BCUT2D eigenvalue weighted by molar-refractivity contribution is 6.06. The van der Waals surface area contributed by atoms with Crippen LogP contribution >= 0.6 is 0 Å². The van der Waals surface area contributed by atoms with Crippen LogP contribution < -0.4 is 10.9 Å². The van der Waals surface area contributed by atoms with E-state index in [1.54, 1.807) is 31.3 Å². The SMILES string of the molecule is Cc1cc(=O)[nH]c(-c2cccc(NC(=O)c3cc4cnn(C(C)C)c4nc3C)c2)n1. The van der Waals surface area contributed by atoms with Gasteiger partial charge in [0, 0.05) is 34.4 Å². The molecule has 0 unspecified atom stereocenters. The maximum Gasteiger partial charge on any atom is 0.257 e. The van der Waals surface area contributed by atoms with Gasteiger partial charge in [-0.3, -0.25) is 9.59 Å². The van der Waals surface area contributed by atoms with Crippen molar-refractivity contribution in [3.05, 3.63) is 69.9 Å². The maximum absolute atomic E-state index is 12.9. The summed E-state index contributed by atoms with van der Waals surface area (Å²) in [5.41, 5.74) is 3.58. The second-order valence-corrected chi connectivity index (χ2v) is 7.49. The Labute approximate surface area is 173 Å². The average Bonchev–Trinajstić information content (AvgIpc) is 3.09. The minimum Gasteiger partial charge on any atom is -0.322 e. The number of nitrogens with zero attached hydrogens (tertiary/aromatic N) is 4. The molecular formula is C22H22N6O2. The van der Waals surface area contributed by atoms with Crippen LogP contribution in [0, 0.1) is 13.8 Å². The van der Waals surface area contributed by atoms with E-state index in [0.29, 0.717) is 34.0 Å². The van der Waals surface area contributed by atoms with Gasteiger partial charge in [0.25, 0.3) is 11.5 Å². The average molecular weight is 402 g/mol. The Morgan fingerprint density at radius 1 is 1.13 bits per heavy atom. The van der Waals surface area contributed by atoms with Gasteiger partial charge >= 0.3 is 0 Å². The molecule has 0 radical (unpaired) electrons. The molecule has 1 amide bonds. The third-order valence-electron chi connectivity index (χ3n) is 4.76. The van der Waals surface area contributed by atoms with Gasteiger partial charge in [0.2, 0.25) is 0 Å². The Morgan fingerprint density at radius 2 is 1.93 bits per heavy atom. The molecule has 152 valence electrons. The summed E-state index contributed by atoms with van der Waals surface area (Å²) >= 11 is 0. The molecule has 1 aromatic carbocycles. The number of rotatable bonds is 4. The van der Waals surface area contributed by atoms with E-state index in [9.17, 15) is 9.59 Å². The summed E-state index contributed by atoms with van der Waals surface area (Å²) in [6.07, 6.45) is 1.72. The molecule has 8 heteroatoms. The third-order valence-corrected chi connectivity index (χ3v) is 4.76. The maximum atomic E-state index is 12.9. The normalized spacial score (nSPS) is 11.2. The first-order valence-corrected chi connectivity index (χ1v) is 9.66. The quantitative estimate of drug-likeness (QED) is 0.542. The van der Waals surface area contributed by atoms with Gasteiger partial charge < -0.3 is 10.3 Å². The number of carbonyl (C=O) groups is 1. The molecule has 0 saturated carbocycles. The standard InChI is InChI=1S/C22H22N6O2/c1-12(2)28-21-16(11-23-28)10-18(14(4)25-21)22(30)26-17-7-5-6-15(9-17)20-24-13(3)8-19(29)27-20/h5-12H,1-4H3,(H,26,30)(H,24,27,29). The predicted octanol–water partition coefficient (Wildman–Crippen LogP) is 3.63. The zero-order valence-electron chi connectivity index (χ0n) is 17.2. The first kappa shape index (κ1) is 19.5. The van der Waals surface area contributed by atoms with Gasteiger partial charge in [-0.25, -0.2) is 14.6 Å². The van der Waals surface area contributed by atoms with Gasteiger partial charge in [-0.1, -0.05) is 12.1 Å². The molecule has 0 fully saturated rings. The molecule has 0 aliphatic carbocycles. The monoisotopic (exact) mass is 402 g/mol. The summed E-state index contributed by atoms with van der Waals surface area (Å²) in [5, 5.41) is 8.09. The number of nitrogens with one attached hydrogen (secondary N) is 2. The van der Waals surface area contributed by atoms with Crippen LogP contribution in [-0.2, 0) is 0 Å². The molecule has 0 spiro atoms. The van der Waals surface area contributed by atoms with Crippen molar-refractivity contribution in [1.29, 1.82) is 0 Å². The largest absolute Gasteiger partial charge is 0.322 e. The smallest absolute Gasteiger partial charge is 0.257 e. The van der Waals surface area contributed by atoms with Crippen LogP contribution in [0.1, 0.15) is 41.6 Å². The van der Waals surface area contributed by atoms with Gasteiger partial charge in [-0.15, -0.1) is 0 Å². The highest BCUT2D eigenvalue weighted by Crippen LogP contribution is 2.22. The number of hydrogen-bond donors (Lipinski definition) is 2. The van der Waals surface area contributed by atoms with Gasteiger partial charge in [0.05, 0.1) is 17.5 Å². The molecule has 0 bridgehead atoms. The van der Waals surface area contributed by atoms with Crippen molar-refractivity contribution in [2.45, 2.75) is 33.7 Å². The van der Waals surface area contributed by atoms with Crippen molar-refractivity contribution in [1.82, 2.24) is 24.7 Å². The highest BCUT2D eigenvalue weighted by Gasteiger charge is 2.16. The zero-order chi connectivity index (χ0) is 21.4. The molecule has 0 saturated heterocycles. The number of pyridine rings is 1. The van der Waals surface area contributed by atoms with Gasteiger partial charge in [0.1, 0.15) is 5.82 Å². The molecule has 4 rings (SSSR count). The molecule has 0 aliphatic heterocycles. The molecule has 4 aromatic rings. The first-order chi connectivity index (χ1) is 14.3. The van der Waals surface area contributed by atoms with Gasteiger partial charge in [-0.2, -0.15) is 5.10 Å². The number of aryl methyl sites for hydroxylation is 2. The van der Waals surface area contributed by atoms with Crippen molar-refractivity contribution < 1.29 is 4.79 Å². The van der Waals surface area contributed by atoms with E-state index in [0.717, 1.165) is 11.0 Å². The number of fused-ring (bicyclic) bond motifs is 1. The Morgan fingerprint density at radius 3 is 2.67 bits per heavy atom. The van der Waals surface area contributed by atoms with Crippen molar-refractivity contribution >= 4 is 22.6 Å². The lowest BCUT2D eigenvalue weighted by molar-refractivity contribution is 0.102. The number of aromatic nitrogens is 5. The van der Waals surface area contributed by atoms with Crippen LogP contribution in [0.3, 0.4) is 0 Å². The summed E-state index contributed by atoms with van der Waals surface area (Å²) in [4.78, 5) is 36.3. The Kier molecular flexibility index (Phi) is 4.91. The fourth-order valence-corrected chi connectivity index (χ4v) is 3.33. The van der Waals surface area contributed by atoms with E-state index < -0.39 is 0 Å². The Bertz CT molecular complexity index is 1320. The number of carbonyl (C=O) groups excluding carboxylic acids is 1. The predicted molar refractivity (Wildman–Crippen MR) is 116 cm³/mol. The topological polar surface area (TPSA) is 106 Å². The van der Waals surface area contributed by atoms with Crippen LogP contribution in [0.2, 0.25) is 0 Å². The van der Waals surface area contributed by atoms with E-state index in [2.05, 4.69) is 25.4 Å². The molecule has 3 aromatic heterocycles. The second-order valence-electron chi connectivity index (χ2n) is 7.49. The summed E-state index contributed by atoms with van der Waals surface area (Å²) in [7, 11) is 0. The molecule has 3 heterocycles. The Balaban J connectivity index is 1.64. The lowest BCUT2D eigenvalue weighted by Crippen LogP contribution is -2.15. The van der Waals surface area contributed by atoms with Crippen LogP contribution in [0.25, 0.3) is 22.4 Å². The number of hydrogen-bond acceptors (Lipinski definition) is 5. The van der Waals surface area contributed by atoms with E-state index in [1.165, 1.54) is 6.07 Å². The van der Waals surface area contributed by atoms with Gasteiger partial charge in [0.15, 0.2) is 5.65 Å². The van der Waals surface area contributed by atoms with Crippen molar-refractivity contribution in [3.63, 3.8) is 0 Å². The summed E-state index contributed by atoms with van der Waals surface area (Å²) in [6.45, 7) is 7.64. The molecule has 0 aliphatic rings. The molecule has 8 nitrogen and oxygen atoms in total. The van der Waals surface area contributed by atoms with Gasteiger partial charge in [-0.05, 0) is 45.9 Å². The highest BCUT2D eigenvalue weighted by atomic mass is 16.1. The second kappa shape index (κ2) is 7.55. The van der Waals surface area contributed by atoms with E-state index in [1.807, 2.05) is 37.6 Å². The molecule has 2 N–H and O–H groups in total. The van der Waals surface area contributed by atoms with E-state index in [-0.39, 0.29) is 17.5 Å². The summed E-state index contributed by atoms with van der Waals surface area (Å²) in [6, 6.07) is 10.6. The number of benzene rings is 1. The lowest BCUT2D eigenvalue weighted by Gasteiger charge is -2.11. The van der Waals surface area contributed by atoms with Crippen molar-refractivity contribution in [2.75, 3.05) is 5.32 Å². The zero-order valence-corrected chi connectivity index (χ0v) is 17.2. The van der Waals surface area contributed by atoms with E-state index in [4.69, 9.17) is 0 Å². The minimum absolute atomic E-state index is 0.179. The van der Waals surface area contributed by atoms with Crippen molar-refractivity contribution in [3.8, 4) is 11.4 Å². The summed E-state index contributed by atoms with van der Waals surface area (Å²) in [5.74, 6) is 0.193. The lowest BCUT2D eigenvalue weighted by atomic mass is 10.1. The number of amides is 1. The summed E-state index contributed by atoms with van der Waals surface area (Å²) < 4.78 is 1.84. The Hall–Kier alpha value is -3.81. The number of H-pyrrole nitrogens is 1. The number of aromatic amines is 1. The fraction of sp³-hybridized carbons (Fsp3) is 0.227.